The number of aryl methyl sites for hydroxylation is 1. The van der Waals surface area contributed by atoms with Gasteiger partial charge in [0, 0.05) is 5.56 Å². The van der Waals surface area contributed by atoms with E-state index >= 15 is 0 Å². The second kappa shape index (κ2) is 7.24. The molecule has 0 saturated heterocycles. The van der Waals surface area contributed by atoms with Crippen molar-refractivity contribution in [2.24, 2.45) is 0 Å². The number of carbonyl (C=O) groups is 2. The van der Waals surface area contributed by atoms with Crippen LogP contribution in [-0.4, -0.2) is 23.0 Å². The first-order valence-electron chi connectivity index (χ1n) is 6.75. The van der Waals surface area contributed by atoms with Gasteiger partial charge < -0.3 is 5.11 Å². The summed E-state index contributed by atoms with van der Waals surface area (Å²) in [5.74, 6) is -3.62. The molecule has 0 unspecified atom stereocenters. The van der Waals surface area contributed by atoms with Crippen LogP contribution in [-0.2, 0) is 6.42 Å². The Balaban J connectivity index is 3.15. The average molecular weight is 302 g/mol. The summed E-state index contributed by atoms with van der Waals surface area (Å²) in [5.41, 5.74) is -1.17. The highest BCUT2D eigenvalue weighted by Crippen LogP contribution is 2.27. The summed E-state index contributed by atoms with van der Waals surface area (Å²) in [6, 6.07) is 3.78. The van der Waals surface area contributed by atoms with E-state index in [-0.39, 0.29) is 12.0 Å². The van der Waals surface area contributed by atoms with Gasteiger partial charge in [-0.2, -0.15) is 13.2 Å². The molecule has 0 aliphatic heterocycles. The largest absolute Gasteiger partial charge is 0.478 e. The van der Waals surface area contributed by atoms with Gasteiger partial charge in [-0.15, -0.1) is 0 Å². The number of hydrogen-bond acceptors (Lipinski definition) is 2. The lowest BCUT2D eigenvalue weighted by atomic mass is 9.93. The molecule has 21 heavy (non-hydrogen) atoms. The minimum atomic E-state index is -5.08. The van der Waals surface area contributed by atoms with Gasteiger partial charge in [0.1, 0.15) is 0 Å². The summed E-state index contributed by atoms with van der Waals surface area (Å²) in [6.07, 6.45) is -1.45. The van der Waals surface area contributed by atoms with Crippen molar-refractivity contribution in [3.8, 4) is 0 Å². The lowest BCUT2D eigenvalue weighted by molar-refractivity contribution is -0.0886. The summed E-state index contributed by atoms with van der Waals surface area (Å²) in [5, 5.41) is 8.99. The number of Topliss-reactive ketones (excluding diaryl/α,β-unsaturated/α-hetero) is 1. The summed E-state index contributed by atoms with van der Waals surface area (Å²) < 4.78 is 38.0. The molecule has 0 heterocycles. The molecule has 1 rings (SSSR count). The highest BCUT2D eigenvalue weighted by Gasteiger charge is 2.42. The molecule has 0 aromatic heterocycles. The number of halogens is 3. The topological polar surface area (TPSA) is 54.4 Å². The van der Waals surface area contributed by atoms with Gasteiger partial charge >= 0.3 is 12.1 Å². The first-order valence-corrected chi connectivity index (χ1v) is 6.75. The molecular formula is C15H17F3O3. The van der Waals surface area contributed by atoms with E-state index in [4.69, 9.17) is 5.11 Å². The second-order valence-electron chi connectivity index (χ2n) is 4.78. The van der Waals surface area contributed by atoms with Gasteiger partial charge in [-0.3, -0.25) is 4.79 Å². The van der Waals surface area contributed by atoms with Crippen LogP contribution in [0.4, 0.5) is 13.2 Å². The van der Waals surface area contributed by atoms with E-state index in [0.29, 0.717) is 6.42 Å². The Kier molecular flexibility index (Phi) is 5.93. The number of carboxylic acid groups (broad SMARTS) is 1. The number of unbranched alkanes of at least 4 members (excludes halogenated alkanes) is 3. The van der Waals surface area contributed by atoms with Gasteiger partial charge in [0.2, 0.25) is 0 Å². The van der Waals surface area contributed by atoms with Crippen molar-refractivity contribution < 1.29 is 27.9 Å². The maximum absolute atomic E-state index is 12.7. The Labute approximate surface area is 120 Å². The van der Waals surface area contributed by atoms with Crippen LogP contribution in [0.15, 0.2) is 18.2 Å². The Bertz CT molecular complexity index is 521. The summed E-state index contributed by atoms with van der Waals surface area (Å²) in [7, 11) is 0. The molecule has 1 N–H and O–H groups in total. The molecule has 1 aromatic rings. The Morgan fingerprint density at radius 2 is 1.81 bits per heavy atom. The Morgan fingerprint density at radius 3 is 2.33 bits per heavy atom. The minimum absolute atomic E-state index is 0.147. The van der Waals surface area contributed by atoms with Crippen LogP contribution in [0.25, 0.3) is 0 Å². The van der Waals surface area contributed by atoms with Crippen LogP contribution in [0.1, 0.15) is 58.9 Å². The maximum atomic E-state index is 12.7. The van der Waals surface area contributed by atoms with Crippen LogP contribution in [0.2, 0.25) is 0 Å². The first-order chi connectivity index (χ1) is 9.79. The molecule has 0 fully saturated rings. The summed E-state index contributed by atoms with van der Waals surface area (Å²) in [4.78, 5) is 22.6. The minimum Gasteiger partial charge on any atom is -0.478 e. The fourth-order valence-corrected chi connectivity index (χ4v) is 2.14. The molecule has 116 valence electrons. The molecule has 1 aromatic carbocycles. The van der Waals surface area contributed by atoms with E-state index in [2.05, 4.69) is 0 Å². The number of benzene rings is 1. The van der Waals surface area contributed by atoms with Crippen molar-refractivity contribution in [3.05, 3.63) is 34.9 Å². The van der Waals surface area contributed by atoms with Gasteiger partial charge in [-0.25, -0.2) is 4.79 Å². The number of aromatic carboxylic acids is 1. The fraction of sp³-hybridized carbons (Fsp3) is 0.467. The molecule has 0 atom stereocenters. The molecule has 6 heteroatoms. The molecule has 0 spiro atoms. The maximum Gasteiger partial charge on any atom is 0.454 e. The van der Waals surface area contributed by atoms with E-state index in [0.717, 1.165) is 25.3 Å². The van der Waals surface area contributed by atoms with E-state index in [1.165, 1.54) is 12.1 Å². The Hall–Kier alpha value is -1.85. The van der Waals surface area contributed by atoms with Crippen LogP contribution >= 0.6 is 0 Å². The normalized spacial score (nSPS) is 11.4. The van der Waals surface area contributed by atoms with Crippen molar-refractivity contribution in [2.45, 2.75) is 45.2 Å². The van der Waals surface area contributed by atoms with Crippen LogP contribution in [0, 0.1) is 0 Å². The lowest BCUT2D eigenvalue weighted by Crippen LogP contribution is -2.26. The Morgan fingerprint density at radius 1 is 1.14 bits per heavy atom. The smallest absolute Gasteiger partial charge is 0.454 e. The van der Waals surface area contributed by atoms with Gasteiger partial charge in [-0.1, -0.05) is 38.3 Å². The summed E-state index contributed by atoms with van der Waals surface area (Å²) in [6.45, 7) is 2.00. The molecule has 0 bridgehead atoms. The van der Waals surface area contributed by atoms with E-state index < -0.39 is 29.1 Å². The predicted molar refractivity (Wildman–Crippen MR) is 71.6 cm³/mol. The predicted octanol–water partition coefficient (Wildman–Crippen LogP) is 4.25. The highest BCUT2D eigenvalue weighted by atomic mass is 19.4. The molecule has 0 saturated carbocycles. The zero-order valence-corrected chi connectivity index (χ0v) is 11.7. The van der Waals surface area contributed by atoms with Crippen LogP contribution < -0.4 is 0 Å². The van der Waals surface area contributed by atoms with Crippen molar-refractivity contribution >= 4 is 11.8 Å². The lowest BCUT2D eigenvalue weighted by Gasteiger charge is -2.13. The third kappa shape index (κ3) is 4.58. The third-order valence-electron chi connectivity index (χ3n) is 3.17. The quantitative estimate of drug-likeness (QED) is 0.605. The number of carbonyl (C=O) groups excluding carboxylic acids is 1. The average Bonchev–Trinajstić information content (AvgIpc) is 2.41. The second-order valence-corrected chi connectivity index (χ2v) is 4.78. The van der Waals surface area contributed by atoms with Crippen molar-refractivity contribution in [3.63, 3.8) is 0 Å². The number of alkyl halides is 3. The van der Waals surface area contributed by atoms with Gasteiger partial charge in [0.15, 0.2) is 0 Å². The number of hydrogen-bond donors (Lipinski definition) is 1. The van der Waals surface area contributed by atoms with Crippen molar-refractivity contribution in [1.29, 1.82) is 0 Å². The fourth-order valence-electron chi connectivity index (χ4n) is 2.14. The molecular weight excluding hydrogens is 285 g/mol. The van der Waals surface area contributed by atoms with Crippen LogP contribution in [0.3, 0.4) is 0 Å². The third-order valence-corrected chi connectivity index (χ3v) is 3.17. The van der Waals surface area contributed by atoms with Gasteiger partial charge in [0.25, 0.3) is 5.78 Å². The monoisotopic (exact) mass is 302 g/mol. The molecule has 3 nitrogen and oxygen atoms in total. The van der Waals surface area contributed by atoms with E-state index in [1.807, 2.05) is 6.92 Å². The molecule has 0 amide bonds. The summed E-state index contributed by atoms with van der Waals surface area (Å²) >= 11 is 0. The first kappa shape index (κ1) is 17.2. The SMILES string of the molecule is CCCCCCc1cccc(C(=O)O)c1C(=O)C(F)(F)F. The van der Waals surface area contributed by atoms with E-state index in [1.54, 1.807) is 0 Å². The van der Waals surface area contributed by atoms with Gasteiger partial charge in [-0.05, 0) is 24.5 Å². The molecule has 0 aliphatic rings. The van der Waals surface area contributed by atoms with Crippen molar-refractivity contribution in [1.82, 2.24) is 0 Å². The zero-order chi connectivity index (χ0) is 16.0. The number of carboxylic acids is 1. The number of ketones is 1. The van der Waals surface area contributed by atoms with E-state index in [9.17, 15) is 22.8 Å². The number of rotatable bonds is 7. The van der Waals surface area contributed by atoms with Gasteiger partial charge in [0.05, 0.1) is 5.56 Å². The zero-order valence-electron chi connectivity index (χ0n) is 11.7. The van der Waals surface area contributed by atoms with Crippen molar-refractivity contribution in [2.75, 3.05) is 0 Å². The molecule has 0 aliphatic carbocycles. The highest BCUT2D eigenvalue weighted by molar-refractivity contribution is 6.09. The van der Waals surface area contributed by atoms with Crippen LogP contribution in [0.5, 0.6) is 0 Å². The molecule has 0 radical (unpaired) electrons. The standard InChI is InChI=1S/C15H17F3O3/c1-2-3-4-5-7-10-8-6-9-11(14(20)21)12(10)13(19)15(16,17)18/h6,8-9H,2-5,7H2,1H3,(H,20,21).